The lowest BCUT2D eigenvalue weighted by Crippen LogP contribution is -2.00. The lowest BCUT2D eigenvalue weighted by Gasteiger charge is -2.14. The molecule has 0 nitrogen and oxygen atoms in total. The van der Waals surface area contributed by atoms with Gasteiger partial charge in [0, 0.05) is 0 Å². The monoisotopic (exact) mass is 491 g/mol. The molecule has 35 heavy (non-hydrogen) atoms. The zero-order chi connectivity index (χ0) is 26.2. The van der Waals surface area contributed by atoms with Crippen molar-refractivity contribution < 1.29 is 0 Å². The minimum atomic E-state index is 0. The molecule has 2 unspecified atom stereocenters. The second-order valence-electron chi connectivity index (χ2n) is 11.9. The van der Waals surface area contributed by atoms with E-state index in [1.54, 1.807) is 5.57 Å². The Kier molecular flexibility index (Phi) is 30.8. The third-order valence-corrected chi connectivity index (χ3v) is 6.83. The van der Waals surface area contributed by atoms with Gasteiger partial charge >= 0.3 is 0 Å². The van der Waals surface area contributed by atoms with Crippen molar-refractivity contribution in [2.45, 2.75) is 173 Å². The van der Waals surface area contributed by atoms with Gasteiger partial charge in [0.05, 0.1) is 0 Å². The minimum absolute atomic E-state index is 0. The highest BCUT2D eigenvalue weighted by Crippen LogP contribution is 2.21. The van der Waals surface area contributed by atoms with Gasteiger partial charge in [0.25, 0.3) is 0 Å². The maximum atomic E-state index is 2.44. The van der Waals surface area contributed by atoms with Crippen LogP contribution in [-0.4, -0.2) is 0 Å². The van der Waals surface area contributed by atoms with Crippen molar-refractivity contribution in [2.75, 3.05) is 0 Å². The van der Waals surface area contributed by atoms with Gasteiger partial charge in [0.15, 0.2) is 0 Å². The molecule has 0 saturated carbocycles. The Morgan fingerprint density at radius 1 is 0.543 bits per heavy atom. The van der Waals surface area contributed by atoms with Crippen LogP contribution < -0.4 is 0 Å². The predicted molar refractivity (Wildman–Crippen MR) is 167 cm³/mol. The minimum Gasteiger partial charge on any atom is -0.0856 e. The van der Waals surface area contributed by atoms with Gasteiger partial charge in [-0.05, 0) is 77.6 Å². The van der Waals surface area contributed by atoms with E-state index in [0.29, 0.717) is 0 Å². The third kappa shape index (κ3) is 33.2. The Morgan fingerprint density at radius 2 is 0.971 bits per heavy atom. The highest BCUT2D eigenvalue weighted by atomic mass is 14.1. The molecule has 0 aliphatic heterocycles. The van der Waals surface area contributed by atoms with Gasteiger partial charge in [0.1, 0.15) is 0 Å². The van der Waals surface area contributed by atoms with E-state index in [4.69, 9.17) is 0 Å². The molecule has 0 N–H and O–H groups in total. The van der Waals surface area contributed by atoms with Crippen LogP contribution in [-0.2, 0) is 0 Å². The van der Waals surface area contributed by atoms with Crippen molar-refractivity contribution in [1.29, 1.82) is 0 Å². The van der Waals surface area contributed by atoms with Crippen LogP contribution in [0.2, 0.25) is 0 Å². The standard InChI is InChI=1S/C17H36.C17H30.CH4/c2*1-6-7-11-16(4)13-9-14-17(5)12-8-10-15(2)3;/h15-17H,6-14H2,1-5H3;10-11,14H,6-9,12-13H2,1-5H3;1H4/b;16-11+,17-14+;. The Balaban J connectivity index is -0.000000569. The molecule has 2 atom stereocenters. The first-order chi connectivity index (χ1) is 16.1. The maximum Gasteiger partial charge on any atom is -0.0288 e. The van der Waals surface area contributed by atoms with Crippen molar-refractivity contribution >= 4 is 0 Å². The predicted octanol–water partition coefficient (Wildman–Crippen LogP) is 13.3. The van der Waals surface area contributed by atoms with Crippen molar-refractivity contribution in [3.05, 3.63) is 34.9 Å². The number of hydrogen-bond acceptors (Lipinski definition) is 0. The van der Waals surface area contributed by atoms with Gasteiger partial charge in [-0.15, -0.1) is 0 Å². The molecule has 0 fully saturated rings. The van der Waals surface area contributed by atoms with Crippen LogP contribution in [0.15, 0.2) is 34.9 Å². The highest BCUT2D eigenvalue weighted by Gasteiger charge is 2.06. The molecule has 0 aromatic rings. The Hall–Kier alpha value is -0.780. The van der Waals surface area contributed by atoms with E-state index in [-0.39, 0.29) is 7.43 Å². The van der Waals surface area contributed by atoms with Crippen molar-refractivity contribution in [1.82, 2.24) is 0 Å². The van der Waals surface area contributed by atoms with Crippen LogP contribution in [0, 0.1) is 17.8 Å². The first kappa shape index (κ1) is 38.7. The van der Waals surface area contributed by atoms with E-state index in [0.717, 1.165) is 17.8 Å². The molecule has 0 aliphatic carbocycles. The topological polar surface area (TPSA) is 0 Å². The average Bonchev–Trinajstić information content (AvgIpc) is 2.76. The first-order valence-corrected chi connectivity index (χ1v) is 15.1. The lowest BCUT2D eigenvalue weighted by atomic mass is 9.92. The summed E-state index contributed by atoms with van der Waals surface area (Å²) in [5, 5.41) is 0. The van der Waals surface area contributed by atoms with Crippen molar-refractivity contribution in [3.63, 3.8) is 0 Å². The fraction of sp³-hybridized carbons (Fsp3) is 0.829. The summed E-state index contributed by atoms with van der Waals surface area (Å²) in [6.45, 7) is 22.9. The van der Waals surface area contributed by atoms with Crippen LogP contribution in [0.5, 0.6) is 0 Å². The summed E-state index contributed by atoms with van der Waals surface area (Å²) in [6.07, 6.45) is 27.3. The maximum absolute atomic E-state index is 2.44. The Bertz CT molecular complexity index is 512. The quantitative estimate of drug-likeness (QED) is 0.158. The second-order valence-corrected chi connectivity index (χ2v) is 11.9. The van der Waals surface area contributed by atoms with E-state index < -0.39 is 0 Å². The van der Waals surface area contributed by atoms with Gasteiger partial charge < -0.3 is 0 Å². The zero-order valence-electron chi connectivity index (χ0n) is 25.6. The van der Waals surface area contributed by atoms with Gasteiger partial charge in [-0.3, -0.25) is 0 Å². The molecular weight excluding hydrogens is 420 g/mol. The van der Waals surface area contributed by atoms with E-state index in [1.807, 2.05) is 0 Å². The molecule has 0 heteroatoms. The van der Waals surface area contributed by atoms with E-state index in [2.05, 4.69) is 87.5 Å². The van der Waals surface area contributed by atoms with Crippen molar-refractivity contribution in [2.24, 2.45) is 17.8 Å². The fourth-order valence-corrected chi connectivity index (χ4v) is 4.26. The first-order valence-electron chi connectivity index (χ1n) is 15.1. The van der Waals surface area contributed by atoms with E-state index >= 15 is 0 Å². The molecular formula is C35H70. The highest BCUT2D eigenvalue weighted by molar-refractivity contribution is 5.05. The molecule has 0 heterocycles. The third-order valence-electron chi connectivity index (χ3n) is 6.83. The molecule has 0 aliphatic rings. The Morgan fingerprint density at radius 3 is 1.40 bits per heavy atom. The molecule has 0 bridgehead atoms. The summed E-state index contributed by atoms with van der Waals surface area (Å²) < 4.78 is 0. The summed E-state index contributed by atoms with van der Waals surface area (Å²) in [5.41, 5.74) is 4.50. The van der Waals surface area contributed by atoms with Gasteiger partial charge in [-0.1, -0.05) is 148 Å². The number of hydrogen-bond donors (Lipinski definition) is 0. The number of allylic oxidation sites excluding steroid dienone is 6. The lowest BCUT2D eigenvalue weighted by molar-refractivity contribution is 0.388. The van der Waals surface area contributed by atoms with E-state index in [1.165, 1.54) is 107 Å². The van der Waals surface area contributed by atoms with Crippen LogP contribution in [0.25, 0.3) is 0 Å². The molecule has 0 rings (SSSR count). The number of rotatable bonds is 19. The normalized spacial score (nSPS) is 13.6. The summed E-state index contributed by atoms with van der Waals surface area (Å²) >= 11 is 0. The van der Waals surface area contributed by atoms with Crippen molar-refractivity contribution in [3.8, 4) is 0 Å². The summed E-state index contributed by atoms with van der Waals surface area (Å²) in [7, 11) is 0. The van der Waals surface area contributed by atoms with Gasteiger partial charge in [-0.25, -0.2) is 0 Å². The molecule has 0 radical (unpaired) electrons. The molecule has 0 aromatic carbocycles. The van der Waals surface area contributed by atoms with Crippen LogP contribution in [0.4, 0.5) is 0 Å². The molecule has 0 amide bonds. The summed E-state index contributed by atoms with van der Waals surface area (Å²) in [5.74, 6) is 2.79. The second kappa shape index (κ2) is 27.8. The Labute approximate surface area is 225 Å². The average molecular weight is 491 g/mol. The fourth-order valence-electron chi connectivity index (χ4n) is 4.26. The molecule has 210 valence electrons. The molecule has 0 saturated heterocycles. The van der Waals surface area contributed by atoms with E-state index in [9.17, 15) is 0 Å². The number of unbranched alkanes of at least 4 members (excludes halogenated alkanes) is 2. The van der Waals surface area contributed by atoms with Crippen LogP contribution in [0.1, 0.15) is 173 Å². The zero-order valence-corrected chi connectivity index (χ0v) is 25.6. The van der Waals surface area contributed by atoms with Crippen LogP contribution in [0.3, 0.4) is 0 Å². The molecule has 0 spiro atoms. The van der Waals surface area contributed by atoms with Gasteiger partial charge in [0.2, 0.25) is 0 Å². The van der Waals surface area contributed by atoms with Gasteiger partial charge in [-0.2, -0.15) is 0 Å². The summed E-state index contributed by atoms with van der Waals surface area (Å²) in [6, 6.07) is 0. The smallest absolute Gasteiger partial charge is 0.0288 e. The largest absolute Gasteiger partial charge is 0.0856 e. The SMILES string of the molecule is C.CCC/C=C(\C)CC/C=C(\C)CCC=C(C)C.CCCCC(C)CCCC(C)CCCC(C)C. The van der Waals surface area contributed by atoms with Crippen LogP contribution >= 0.6 is 0 Å². The summed E-state index contributed by atoms with van der Waals surface area (Å²) in [4.78, 5) is 0. The molecule has 0 aromatic heterocycles.